The van der Waals surface area contributed by atoms with Crippen molar-refractivity contribution in [2.24, 2.45) is 0 Å². The van der Waals surface area contributed by atoms with E-state index in [-0.39, 0.29) is 29.7 Å². The van der Waals surface area contributed by atoms with Crippen LogP contribution in [0.2, 0.25) is 0 Å². The second kappa shape index (κ2) is 10.4. The Morgan fingerprint density at radius 2 is 0.956 bits per heavy atom. The molecule has 0 atom stereocenters. The van der Waals surface area contributed by atoms with E-state index in [4.69, 9.17) is 11.3 Å². The van der Waals surface area contributed by atoms with Gasteiger partial charge in [-0.2, -0.15) is 0 Å². The number of fused-ring (bicyclic) bond motifs is 5. The number of para-hydroxylation sites is 1. The van der Waals surface area contributed by atoms with Crippen LogP contribution < -0.4 is 0 Å². The van der Waals surface area contributed by atoms with Crippen LogP contribution in [0.1, 0.15) is 6.85 Å². The van der Waals surface area contributed by atoms with Crippen LogP contribution in [0.3, 0.4) is 0 Å². The van der Waals surface area contributed by atoms with Gasteiger partial charge in [0.15, 0.2) is 0 Å². The van der Waals surface area contributed by atoms with E-state index < -0.39 is 6.04 Å². The van der Waals surface area contributed by atoms with Crippen LogP contribution in [0.5, 0.6) is 0 Å². The molecule has 0 aliphatic carbocycles. The lowest BCUT2D eigenvalue weighted by molar-refractivity contribution is 0.669. The standard InChI is InChI=1S/C44H28O/c1-3-14-29(15-4-1)31-18-13-19-32(28-31)41-34-20-7-9-22-36(34)42(37-23-10-8-21-35(37)41)44-33(30-16-5-2-6-17-30)26-27-40-43(44)38-24-11-12-25-39(38)45-40/h1-28H/i1D,3D,4D,14D,15D. The summed E-state index contributed by atoms with van der Waals surface area (Å²) in [6, 6.07) is 46.0. The van der Waals surface area contributed by atoms with Crippen LogP contribution in [0, 0.1) is 0 Å². The van der Waals surface area contributed by atoms with Crippen LogP contribution in [-0.2, 0) is 0 Å². The Morgan fingerprint density at radius 3 is 1.67 bits per heavy atom. The zero-order valence-electron chi connectivity index (χ0n) is 29.2. The molecule has 0 aliphatic rings. The first kappa shape index (κ1) is 20.9. The van der Waals surface area contributed by atoms with E-state index in [2.05, 4.69) is 97.1 Å². The Hall–Kier alpha value is -5.92. The van der Waals surface area contributed by atoms with Crippen molar-refractivity contribution in [2.45, 2.75) is 0 Å². The van der Waals surface area contributed by atoms with Gasteiger partial charge in [-0.05, 0) is 78.7 Å². The maximum absolute atomic E-state index is 8.65. The first-order valence-corrected chi connectivity index (χ1v) is 15.0. The molecule has 0 saturated carbocycles. The molecule has 0 fully saturated rings. The molecule has 8 aromatic carbocycles. The van der Waals surface area contributed by atoms with E-state index >= 15 is 0 Å². The molecule has 0 radical (unpaired) electrons. The molecule has 1 nitrogen and oxygen atoms in total. The second-order valence-electron chi connectivity index (χ2n) is 11.2. The van der Waals surface area contributed by atoms with Crippen LogP contribution in [0.25, 0.3) is 88.0 Å². The van der Waals surface area contributed by atoms with Gasteiger partial charge < -0.3 is 4.42 Å². The highest BCUT2D eigenvalue weighted by Gasteiger charge is 2.23. The quantitative estimate of drug-likeness (QED) is 0.190. The summed E-state index contributed by atoms with van der Waals surface area (Å²) in [4.78, 5) is 0. The van der Waals surface area contributed by atoms with Crippen molar-refractivity contribution in [3.63, 3.8) is 0 Å². The van der Waals surface area contributed by atoms with Crippen molar-refractivity contribution in [3.05, 3.63) is 170 Å². The lowest BCUT2D eigenvalue weighted by Gasteiger charge is -2.20. The third-order valence-electron chi connectivity index (χ3n) is 8.75. The number of benzene rings is 8. The molecule has 0 saturated heterocycles. The van der Waals surface area contributed by atoms with Crippen molar-refractivity contribution < 1.29 is 11.3 Å². The molecule has 1 heteroatoms. The zero-order valence-corrected chi connectivity index (χ0v) is 24.2. The van der Waals surface area contributed by atoms with Gasteiger partial charge in [0.1, 0.15) is 11.2 Å². The van der Waals surface area contributed by atoms with Crippen molar-refractivity contribution >= 4 is 43.5 Å². The fourth-order valence-electron chi connectivity index (χ4n) is 6.87. The van der Waals surface area contributed by atoms with E-state index in [1.54, 1.807) is 0 Å². The monoisotopic (exact) mass is 577 g/mol. The average molecular weight is 578 g/mol. The Kier molecular flexibility index (Phi) is 4.81. The van der Waals surface area contributed by atoms with E-state index in [9.17, 15) is 0 Å². The van der Waals surface area contributed by atoms with Gasteiger partial charge in [-0.25, -0.2) is 0 Å². The number of furan rings is 1. The van der Waals surface area contributed by atoms with Gasteiger partial charge in [-0.15, -0.1) is 0 Å². The van der Waals surface area contributed by atoms with E-state index in [0.717, 1.165) is 76.9 Å². The van der Waals surface area contributed by atoms with Gasteiger partial charge in [0.05, 0.1) is 6.85 Å². The largest absolute Gasteiger partial charge is 0.456 e. The second-order valence-corrected chi connectivity index (χ2v) is 11.2. The van der Waals surface area contributed by atoms with Gasteiger partial charge in [-0.1, -0.05) is 152 Å². The highest BCUT2D eigenvalue weighted by atomic mass is 16.3. The summed E-state index contributed by atoms with van der Waals surface area (Å²) in [7, 11) is 0. The van der Waals surface area contributed by atoms with E-state index in [0.29, 0.717) is 5.56 Å². The molecule has 9 rings (SSSR count). The van der Waals surface area contributed by atoms with Gasteiger partial charge in [-0.3, -0.25) is 0 Å². The van der Waals surface area contributed by atoms with Crippen molar-refractivity contribution in [2.75, 3.05) is 0 Å². The fraction of sp³-hybridized carbons (Fsp3) is 0. The highest BCUT2D eigenvalue weighted by Crippen LogP contribution is 2.50. The Balaban J connectivity index is 1.41. The molecule has 1 aromatic heterocycles. The molecule has 0 spiro atoms. The average Bonchev–Trinajstić information content (AvgIpc) is 3.54. The number of rotatable bonds is 4. The van der Waals surface area contributed by atoms with Crippen molar-refractivity contribution in [1.29, 1.82) is 0 Å². The lowest BCUT2D eigenvalue weighted by Crippen LogP contribution is -1.94. The van der Waals surface area contributed by atoms with Crippen LogP contribution in [0.15, 0.2) is 174 Å². The van der Waals surface area contributed by atoms with Crippen LogP contribution >= 0.6 is 0 Å². The van der Waals surface area contributed by atoms with Gasteiger partial charge in [0.2, 0.25) is 0 Å². The predicted octanol–water partition coefficient (Wildman–Crippen LogP) is 12.6. The summed E-state index contributed by atoms with van der Waals surface area (Å²) >= 11 is 0. The smallest absolute Gasteiger partial charge is 0.136 e. The minimum Gasteiger partial charge on any atom is -0.456 e. The Bertz CT molecular complexity index is 2730. The third-order valence-corrected chi connectivity index (χ3v) is 8.75. The third kappa shape index (κ3) is 4.09. The molecule has 210 valence electrons. The number of hydrogen-bond donors (Lipinski definition) is 0. The molecule has 0 bridgehead atoms. The summed E-state index contributed by atoms with van der Waals surface area (Å²) in [5.74, 6) is 0. The summed E-state index contributed by atoms with van der Waals surface area (Å²) in [6.45, 7) is 0. The molecule has 0 unspecified atom stereocenters. The summed E-state index contributed by atoms with van der Waals surface area (Å²) < 4.78 is 48.4. The maximum Gasteiger partial charge on any atom is 0.136 e. The Morgan fingerprint density at radius 1 is 0.378 bits per heavy atom. The molecular formula is C44H28O. The normalized spacial score (nSPS) is 13.1. The molecule has 0 aliphatic heterocycles. The fourth-order valence-corrected chi connectivity index (χ4v) is 6.87. The summed E-state index contributed by atoms with van der Waals surface area (Å²) in [6.07, 6.45) is 0. The molecule has 45 heavy (non-hydrogen) atoms. The first-order chi connectivity index (χ1) is 24.4. The van der Waals surface area contributed by atoms with Crippen molar-refractivity contribution in [1.82, 2.24) is 0 Å². The van der Waals surface area contributed by atoms with Crippen molar-refractivity contribution in [3.8, 4) is 44.5 Å². The predicted molar refractivity (Wildman–Crippen MR) is 190 cm³/mol. The SMILES string of the molecule is [2H]c1c([2H])c([2H])c(-c2cccc(-c3c4ccccc4c(-c4c(-c5ccccc5)ccc5oc6ccccc6c45)c4ccccc34)c2)c([2H])c1[2H]. The van der Waals surface area contributed by atoms with Gasteiger partial charge in [0, 0.05) is 16.3 Å². The van der Waals surface area contributed by atoms with Gasteiger partial charge in [0.25, 0.3) is 0 Å². The minimum atomic E-state index is -0.400. The van der Waals surface area contributed by atoms with E-state index in [1.165, 1.54) is 0 Å². The van der Waals surface area contributed by atoms with Gasteiger partial charge >= 0.3 is 0 Å². The molecule has 9 aromatic rings. The molecule has 0 N–H and O–H groups in total. The summed E-state index contributed by atoms with van der Waals surface area (Å²) in [5.41, 5.74) is 8.75. The first-order valence-electron chi connectivity index (χ1n) is 17.5. The zero-order chi connectivity index (χ0) is 34.1. The number of hydrogen-bond acceptors (Lipinski definition) is 1. The van der Waals surface area contributed by atoms with Crippen LogP contribution in [0.4, 0.5) is 0 Å². The minimum absolute atomic E-state index is 0.189. The Labute approximate surface area is 268 Å². The van der Waals surface area contributed by atoms with E-state index in [1.807, 2.05) is 42.5 Å². The molecule has 0 amide bonds. The summed E-state index contributed by atoms with van der Waals surface area (Å²) in [5, 5.41) is 6.35. The molecule has 1 heterocycles. The van der Waals surface area contributed by atoms with Crippen LogP contribution in [-0.4, -0.2) is 0 Å². The maximum atomic E-state index is 8.65. The topological polar surface area (TPSA) is 13.1 Å². The highest BCUT2D eigenvalue weighted by molar-refractivity contribution is 6.27. The molecular weight excluding hydrogens is 544 g/mol. The lowest BCUT2D eigenvalue weighted by atomic mass is 9.82.